The van der Waals surface area contributed by atoms with Gasteiger partial charge in [0.2, 0.25) is 0 Å². The molecule has 160 valence electrons. The number of benzene rings is 1. The van der Waals surface area contributed by atoms with Gasteiger partial charge in [-0.2, -0.15) is 5.10 Å². The summed E-state index contributed by atoms with van der Waals surface area (Å²) in [5.41, 5.74) is 3.29. The zero-order valence-electron chi connectivity index (χ0n) is 18.0. The van der Waals surface area contributed by atoms with Gasteiger partial charge >= 0.3 is 0 Å². The molecule has 0 aliphatic carbocycles. The van der Waals surface area contributed by atoms with Gasteiger partial charge in [0.05, 0.1) is 17.4 Å². The highest BCUT2D eigenvalue weighted by Gasteiger charge is 2.41. The predicted octanol–water partition coefficient (Wildman–Crippen LogP) is 2.62. The van der Waals surface area contributed by atoms with E-state index in [2.05, 4.69) is 16.5 Å². The number of nitrogens with one attached hydrogen (secondary N) is 1. The minimum absolute atomic E-state index is 0.0770. The van der Waals surface area contributed by atoms with Crippen LogP contribution in [0, 0.1) is 13.8 Å². The summed E-state index contributed by atoms with van der Waals surface area (Å²) in [4.78, 5) is 27.4. The Bertz CT molecular complexity index is 923. The van der Waals surface area contributed by atoms with E-state index in [4.69, 9.17) is 4.74 Å². The van der Waals surface area contributed by atoms with Crippen LogP contribution < -0.4 is 5.32 Å². The summed E-state index contributed by atoms with van der Waals surface area (Å²) < 4.78 is 7.82. The lowest BCUT2D eigenvalue weighted by molar-refractivity contribution is -0.114. The second-order valence-corrected chi connectivity index (χ2v) is 8.77. The van der Waals surface area contributed by atoms with Crippen molar-refractivity contribution in [3.05, 3.63) is 52.8 Å². The Kier molecular flexibility index (Phi) is 5.64. The first kappa shape index (κ1) is 20.6. The largest absolute Gasteiger partial charge is 0.375 e. The van der Waals surface area contributed by atoms with Gasteiger partial charge in [-0.05, 0) is 51.7 Å². The van der Waals surface area contributed by atoms with Gasteiger partial charge in [0, 0.05) is 44.5 Å². The number of carbonyl (C=O) groups is 2. The van der Waals surface area contributed by atoms with Gasteiger partial charge in [-0.3, -0.25) is 14.3 Å². The molecular formula is C23H30N4O3. The molecule has 2 amide bonds. The molecule has 0 radical (unpaired) electrons. The Labute approximate surface area is 177 Å². The number of aryl methyl sites for hydroxylation is 3. The summed E-state index contributed by atoms with van der Waals surface area (Å²) in [5, 5.41) is 7.21. The molecule has 7 heteroatoms. The first-order valence-electron chi connectivity index (χ1n) is 10.6. The maximum atomic E-state index is 13.0. The number of aromatic nitrogens is 2. The summed E-state index contributed by atoms with van der Waals surface area (Å²) in [6, 6.07) is 6.08. The third kappa shape index (κ3) is 4.41. The molecule has 2 aliphatic rings. The van der Waals surface area contributed by atoms with Crippen molar-refractivity contribution < 1.29 is 14.3 Å². The highest BCUT2D eigenvalue weighted by atomic mass is 16.5. The van der Waals surface area contributed by atoms with Crippen LogP contribution in [0.2, 0.25) is 0 Å². The molecule has 1 unspecified atom stereocenters. The molecule has 3 heterocycles. The minimum Gasteiger partial charge on any atom is -0.375 e. The first-order valence-corrected chi connectivity index (χ1v) is 10.6. The third-order valence-electron chi connectivity index (χ3n) is 6.23. The number of piperidine rings is 1. The number of likely N-dealkylation sites (tertiary alicyclic amines) is 1. The standard InChI is InChI=1S/C23H30N4O3/c1-16-10-17(2)12-18(11-16)22(29)27-7-5-23(6-8-27)13-20(4-9-30-23)25-21(28)19-14-24-26(3)15-19/h10-12,14-15,20H,4-9,13H2,1-3H3,(H,25,28). The van der Waals surface area contributed by atoms with E-state index in [0.29, 0.717) is 25.3 Å². The van der Waals surface area contributed by atoms with E-state index < -0.39 is 0 Å². The number of hydrogen-bond acceptors (Lipinski definition) is 4. The van der Waals surface area contributed by atoms with Crippen LogP contribution in [-0.4, -0.2) is 57.8 Å². The van der Waals surface area contributed by atoms with Gasteiger partial charge < -0.3 is 15.0 Å². The fourth-order valence-electron chi connectivity index (χ4n) is 4.70. The normalized spacial score (nSPS) is 20.9. The Balaban J connectivity index is 1.36. The van der Waals surface area contributed by atoms with Crippen molar-refractivity contribution in [3.8, 4) is 0 Å². The van der Waals surface area contributed by atoms with Gasteiger partial charge in [0.25, 0.3) is 11.8 Å². The highest BCUT2D eigenvalue weighted by molar-refractivity contribution is 5.95. The van der Waals surface area contributed by atoms with Crippen molar-refractivity contribution in [1.29, 1.82) is 0 Å². The summed E-state index contributed by atoms with van der Waals surface area (Å²) in [6.07, 6.45) is 6.48. The topological polar surface area (TPSA) is 76.5 Å². The molecule has 1 N–H and O–H groups in total. The number of amides is 2. The lowest BCUT2D eigenvalue weighted by atomic mass is 9.82. The van der Waals surface area contributed by atoms with Crippen molar-refractivity contribution in [2.24, 2.45) is 7.05 Å². The summed E-state index contributed by atoms with van der Waals surface area (Å²) in [5.74, 6) is 0.00136. The quantitative estimate of drug-likeness (QED) is 0.844. The van der Waals surface area contributed by atoms with Crippen LogP contribution in [0.5, 0.6) is 0 Å². The van der Waals surface area contributed by atoms with E-state index in [1.54, 1.807) is 24.1 Å². The molecule has 1 aromatic heterocycles. The molecule has 2 fully saturated rings. The molecule has 2 aliphatic heterocycles. The summed E-state index contributed by atoms with van der Waals surface area (Å²) in [7, 11) is 1.80. The Morgan fingerprint density at radius 2 is 1.83 bits per heavy atom. The Morgan fingerprint density at radius 3 is 2.47 bits per heavy atom. The molecular weight excluding hydrogens is 380 g/mol. The van der Waals surface area contributed by atoms with Crippen LogP contribution in [0.15, 0.2) is 30.6 Å². The maximum Gasteiger partial charge on any atom is 0.254 e. The van der Waals surface area contributed by atoms with Crippen LogP contribution in [0.4, 0.5) is 0 Å². The van der Waals surface area contributed by atoms with Gasteiger partial charge in [-0.25, -0.2) is 0 Å². The molecule has 30 heavy (non-hydrogen) atoms. The van der Waals surface area contributed by atoms with Gasteiger partial charge in [-0.15, -0.1) is 0 Å². The molecule has 7 nitrogen and oxygen atoms in total. The van der Waals surface area contributed by atoms with Gasteiger partial charge in [-0.1, -0.05) is 17.2 Å². The fourth-order valence-corrected chi connectivity index (χ4v) is 4.70. The van der Waals surface area contributed by atoms with E-state index in [1.165, 1.54) is 0 Å². The SMILES string of the molecule is Cc1cc(C)cc(C(=O)N2CCC3(CC2)CC(NC(=O)c2cnn(C)c2)CCO3)c1. The van der Waals surface area contributed by atoms with Crippen molar-refractivity contribution in [2.45, 2.75) is 51.2 Å². The fraction of sp³-hybridized carbons (Fsp3) is 0.522. The number of rotatable bonds is 3. The van der Waals surface area contributed by atoms with Gasteiger partial charge in [0.1, 0.15) is 0 Å². The van der Waals surface area contributed by atoms with Crippen molar-refractivity contribution in [2.75, 3.05) is 19.7 Å². The molecule has 4 rings (SSSR count). The summed E-state index contributed by atoms with van der Waals surface area (Å²) in [6.45, 7) is 6.02. The van der Waals surface area contributed by atoms with Crippen LogP contribution in [-0.2, 0) is 11.8 Å². The van der Waals surface area contributed by atoms with Crippen LogP contribution in [0.3, 0.4) is 0 Å². The maximum absolute atomic E-state index is 13.0. The van der Waals surface area contributed by atoms with Crippen LogP contribution in [0.1, 0.15) is 57.5 Å². The number of nitrogens with zero attached hydrogens (tertiary/aromatic N) is 3. The smallest absolute Gasteiger partial charge is 0.254 e. The highest BCUT2D eigenvalue weighted by Crippen LogP contribution is 2.35. The van der Waals surface area contributed by atoms with E-state index in [9.17, 15) is 9.59 Å². The lowest BCUT2D eigenvalue weighted by Crippen LogP contribution is -2.54. The summed E-state index contributed by atoms with van der Waals surface area (Å²) >= 11 is 0. The average Bonchev–Trinajstić information content (AvgIpc) is 3.14. The third-order valence-corrected chi connectivity index (χ3v) is 6.23. The number of hydrogen-bond donors (Lipinski definition) is 1. The van der Waals surface area contributed by atoms with Crippen molar-refractivity contribution >= 4 is 11.8 Å². The number of ether oxygens (including phenoxy) is 1. The van der Waals surface area contributed by atoms with E-state index in [0.717, 1.165) is 42.4 Å². The second-order valence-electron chi connectivity index (χ2n) is 8.77. The van der Waals surface area contributed by atoms with E-state index in [-0.39, 0.29) is 23.5 Å². The molecule has 2 aromatic rings. The van der Waals surface area contributed by atoms with E-state index in [1.807, 2.05) is 30.9 Å². The molecule has 0 bridgehead atoms. The molecule has 0 saturated carbocycles. The average molecular weight is 411 g/mol. The van der Waals surface area contributed by atoms with Crippen molar-refractivity contribution in [3.63, 3.8) is 0 Å². The predicted molar refractivity (Wildman–Crippen MR) is 113 cm³/mol. The number of carbonyl (C=O) groups excluding carboxylic acids is 2. The Morgan fingerprint density at radius 1 is 1.13 bits per heavy atom. The minimum atomic E-state index is -0.259. The zero-order chi connectivity index (χ0) is 21.3. The monoisotopic (exact) mass is 410 g/mol. The lowest BCUT2D eigenvalue weighted by Gasteiger charge is -2.46. The molecule has 2 saturated heterocycles. The van der Waals surface area contributed by atoms with Gasteiger partial charge in [0.15, 0.2) is 0 Å². The van der Waals surface area contributed by atoms with Crippen molar-refractivity contribution in [1.82, 2.24) is 20.0 Å². The first-order chi connectivity index (χ1) is 14.3. The van der Waals surface area contributed by atoms with E-state index >= 15 is 0 Å². The zero-order valence-corrected chi connectivity index (χ0v) is 18.0. The molecule has 1 atom stereocenters. The Hall–Kier alpha value is -2.67. The molecule has 1 aromatic carbocycles. The second kappa shape index (κ2) is 8.22. The van der Waals surface area contributed by atoms with Crippen LogP contribution >= 0.6 is 0 Å². The van der Waals surface area contributed by atoms with Crippen LogP contribution in [0.25, 0.3) is 0 Å². The molecule has 1 spiro atoms.